The molecule has 0 unspecified atom stereocenters. The number of fused-ring (bicyclic) bond motifs is 1. The average molecular weight is 470 g/mol. The Morgan fingerprint density at radius 2 is 1.66 bits per heavy atom. The highest BCUT2D eigenvalue weighted by Gasteiger charge is 2.15. The van der Waals surface area contributed by atoms with E-state index in [4.69, 9.17) is 0 Å². The van der Waals surface area contributed by atoms with E-state index in [0.29, 0.717) is 34.5 Å². The van der Waals surface area contributed by atoms with E-state index in [9.17, 15) is 14.4 Å². The number of anilines is 1. The summed E-state index contributed by atoms with van der Waals surface area (Å²) in [5.41, 5.74) is 2.38. The maximum absolute atomic E-state index is 12.7. The lowest BCUT2D eigenvalue weighted by molar-refractivity contribution is -0.117. The number of nitrogens with one attached hydrogen (secondary N) is 3. The number of carbonyl (C=O) groups excluding carboxylic acids is 2. The molecule has 0 aliphatic rings. The fourth-order valence-electron chi connectivity index (χ4n) is 3.81. The number of hydrogen-bond acceptors (Lipinski definition) is 5. The Balaban J connectivity index is 1.34. The first-order valence-electron chi connectivity index (χ1n) is 11.4. The van der Waals surface area contributed by atoms with E-state index >= 15 is 0 Å². The third kappa shape index (κ3) is 6.39. The fourth-order valence-corrected chi connectivity index (χ4v) is 3.81. The van der Waals surface area contributed by atoms with E-state index in [1.807, 2.05) is 36.4 Å². The van der Waals surface area contributed by atoms with Crippen LogP contribution < -0.4 is 16.2 Å². The smallest absolute Gasteiger partial charge is 0.258 e. The molecule has 0 fully saturated rings. The van der Waals surface area contributed by atoms with Gasteiger partial charge in [-0.3, -0.25) is 19.3 Å². The summed E-state index contributed by atoms with van der Waals surface area (Å²) in [6.07, 6.45) is 0.719. The van der Waals surface area contributed by atoms with Gasteiger partial charge < -0.3 is 15.6 Å². The van der Waals surface area contributed by atoms with Gasteiger partial charge in [0.1, 0.15) is 5.82 Å². The van der Waals surface area contributed by atoms with Crippen LogP contribution in [-0.2, 0) is 17.8 Å². The number of amides is 2. The Kier molecular flexibility index (Phi) is 7.64. The van der Waals surface area contributed by atoms with Crippen molar-refractivity contribution in [1.82, 2.24) is 20.2 Å². The zero-order chi connectivity index (χ0) is 24.6. The molecule has 0 saturated heterocycles. The number of likely N-dealkylation sites (N-methyl/N-ethyl adjacent to an activating group) is 1. The Morgan fingerprint density at radius 1 is 0.943 bits per heavy atom. The van der Waals surface area contributed by atoms with Crippen LogP contribution in [-0.4, -0.2) is 46.8 Å². The predicted molar refractivity (Wildman–Crippen MR) is 136 cm³/mol. The van der Waals surface area contributed by atoms with Crippen LogP contribution in [0, 0.1) is 0 Å². The van der Waals surface area contributed by atoms with Crippen LogP contribution in [0.5, 0.6) is 0 Å². The molecule has 2 amide bonds. The Hall–Kier alpha value is -4.30. The molecular formula is C27H27N5O3. The summed E-state index contributed by atoms with van der Waals surface area (Å²) in [5.74, 6) is -0.0505. The largest absolute Gasteiger partial charge is 0.352 e. The summed E-state index contributed by atoms with van der Waals surface area (Å²) >= 11 is 0. The summed E-state index contributed by atoms with van der Waals surface area (Å²) in [4.78, 5) is 46.7. The van der Waals surface area contributed by atoms with Crippen molar-refractivity contribution in [2.24, 2.45) is 0 Å². The number of para-hydroxylation sites is 2. The molecular weight excluding hydrogens is 442 g/mol. The maximum Gasteiger partial charge on any atom is 0.258 e. The van der Waals surface area contributed by atoms with Gasteiger partial charge in [-0.25, -0.2) is 4.98 Å². The highest BCUT2D eigenvalue weighted by molar-refractivity contribution is 6.04. The lowest BCUT2D eigenvalue weighted by Crippen LogP contribution is -2.32. The van der Waals surface area contributed by atoms with Gasteiger partial charge in [-0.15, -0.1) is 0 Å². The van der Waals surface area contributed by atoms with Gasteiger partial charge in [0.15, 0.2) is 0 Å². The van der Waals surface area contributed by atoms with Crippen LogP contribution in [0.2, 0.25) is 0 Å². The summed E-state index contributed by atoms with van der Waals surface area (Å²) in [6, 6.07) is 23.9. The van der Waals surface area contributed by atoms with Gasteiger partial charge in [0.2, 0.25) is 5.91 Å². The van der Waals surface area contributed by atoms with Crippen LogP contribution in [0.4, 0.5) is 5.69 Å². The molecule has 0 radical (unpaired) electrons. The normalized spacial score (nSPS) is 10.9. The van der Waals surface area contributed by atoms with E-state index in [1.165, 1.54) is 0 Å². The minimum atomic E-state index is -0.278. The van der Waals surface area contributed by atoms with Crippen molar-refractivity contribution < 1.29 is 9.59 Å². The number of H-pyrrole nitrogens is 1. The second kappa shape index (κ2) is 11.2. The zero-order valence-corrected chi connectivity index (χ0v) is 19.5. The molecule has 4 rings (SSSR count). The molecule has 0 bridgehead atoms. The lowest BCUT2D eigenvalue weighted by atomic mass is 10.1. The van der Waals surface area contributed by atoms with Crippen LogP contribution in [0.15, 0.2) is 83.7 Å². The summed E-state index contributed by atoms with van der Waals surface area (Å²) in [7, 11) is 1.76. The Morgan fingerprint density at radius 3 is 2.49 bits per heavy atom. The van der Waals surface area contributed by atoms with Crippen LogP contribution >= 0.6 is 0 Å². The Labute approximate surface area is 203 Å². The predicted octanol–water partition coefficient (Wildman–Crippen LogP) is 2.97. The van der Waals surface area contributed by atoms with Gasteiger partial charge >= 0.3 is 0 Å². The third-order valence-corrected chi connectivity index (χ3v) is 5.48. The van der Waals surface area contributed by atoms with Crippen LogP contribution in [0.3, 0.4) is 0 Å². The molecule has 178 valence electrons. The molecule has 35 heavy (non-hydrogen) atoms. The van der Waals surface area contributed by atoms with Crippen molar-refractivity contribution in [3.63, 3.8) is 0 Å². The molecule has 0 aliphatic heterocycles. The second-order valence-corrected chi connectivity index (χ2v) is 8.29. The zero-order valence-electron chi connectivity index (χ0n) is 19.5. The molecule has 4 aromatic rings. The molecule has 3 aromatic carbocycles. The SMILES string of the molecule is CN(CC(=O)Nc1ccccc1C(=O)NCCc1ccccc1)Cc1nc2ccccc2c(=O)[nH]1. The van der Waals surface area contributed by atoms with Crippen molar-refractivity contribution in [1.29, 1.82) is 0 Å². The van der Waals surface area contributed by atoms with E-state index in [0.717, 1.165) is 12.0 Å². The molecule has 0 saturated carbocycles. The van der Waals surface area contributed by atoms with Crippen LogP contribution in [0.1, 0.15) is 21.7 Å². The first-order valence-corrected chi connectivity index (χ1v) is 11.4. The average Bonchev–Trinajstić information content (AvgIpc) is 2.85. The molecule has 0 aliphatic carbocycles. The maximum atomic E-state index is 12.7. The van der Waals surface area contributed by atoms with Crippen molar-refractivity contribution in [3.8, 4) is 0 Å². The van der Waals surface area contributed by atoms with Crippen molar-refractivity contribution in [3.05, 3.63) is 106 Å². The molecule has 1 heterocycles. The monoisotopic (exact) mass is 469 g/mol. The van der Waals surface area contributed by atoms with Gasteiger partial charge in [0.25, 0.3) is 11.5 Å². The molecule has 0 spiro atoms. The molecule has 8 nitrogen and oxygen atoms in total. The molecule has 3 N–H and O–H groups in total. The first-order chi connectivity index (χ1) is 17.0. The highest BCUT2D eigenvalue weighted by atomic mass is 16.2. The van der Waals surface area contributed by atoms with Crippen molar-refractivity contribution in [2.45, 2.75) is 13.0 Å². The molecule has 1 aromatic heterocycles. The lowest BCUT2D eigenvalue weighted by Gasteiger charge is -2.17. The molecule has 8 heteroatoms. The number of carbonyl (C=O) groups is 2. The number of nitrogens with zero attached hydrogens (tertiary/aromatic N) is 2. The van der Waals surface area contributed by atoms with Crippen molar-refractivity contribution in [2.75, 3.05) is 25.5 Å². The van der Waals surface area contributed by atoms with Gasteiger partial charge in [-0.2, -0.15) is 0 Å². The van der Waals surface area contributed by atoms with Crippen molar-refractivity contribution >= 4 is 28.4 Å². The summed E-state index contributed by atoms with van der Waals surface area (Å²) in [6.45, 7) is 0.834. The standard InChI is InChI=1S/C27H27N5O3/c1-32(17-24-29-22-13-7-6-12-21(22)27(35)31-24)18-25(33)30-23-14-8-5-11-20(23)26(34)28-16-15-19-9-3-2-4-10-19/h2-14H,15-18H2,1H3,(H,28,34)(H,30,33)(H,29,31,35). The van der Waals surface area contributed by atoms with Crippen LogP contribution in [0.25, 0.3) is 10.9 Å². The van der Waals surface area contributed by atoms with E-state index < -0.39 is 0 Å². The first kappa shape index (κ1) is 23.8. The van der Waals surface area contributed by atoms with E-state index in [-0.39, 0.29) is 30.5 Å². The number of hydrogen-bond donors (Lipinski definition) is 3. The highest BCUT2D eigenvalue weighted by Crippen LogP contribution is 2.15. The minimum Gasteiger partial charge on any atom is -0.352 e. The van der Waals surface area contributed by atoms with E-state index in [2.05, 4.69) is 20.6 Å². The second-order valence-electron chi connectivity index (χ2n) is 8.29. The quantitative estimate of drug-likeness (QED) is 0.349. The number of aromatic nitrogens is 2. The summed E-state index contributed by atoms with van der Waals surface area (Å²) < 4.78 is 0. The molecule has 0 atom stereocenters. The Bertz CT molecular complexity index is 1380. The van der Waals surface area contributed by atoms with Gasteiger partial charge in [-0.05, 0) is 43.3 Å². The number of benzene rings is 3. The minimum absolute atomic E-state index is 0.0560. The van der Waals surface area contributed by atoms with E-state index in [1.54, 1.807) is 54.4 Å². The number of aromatic amines is 1. The van der Waals surface area contributed by atoms with Gasteiger partial charge in [0, 0.05) is 6.54 Å². The van der Waals surface area contributed by atoms with Gasteiger partial charge in [0.05, 0.1) is 35.2 Å². The third-order valence-electron chi connectivity index (χ3n) is 5.48. The topological polar surface area (TPSA) is 107 Å². The summed E-state index contributed by atoms with van der Waals surface area (Å²) in [5, 5.41) is 6.26. The fraction of sp³-hybridized carbons (Fsp3) is 0.185. The van der Waals surface area contributed by atoms with Gasteiger partial charge in [-0.1, -0.05) is 54.6 Å². The number of rotatable bonds is 9.